The van der Waals surface area contributed by atoms with Gasteiger partial charge >= 0.3 is 0 Å². The SMILES string of the molecule is COCCNC(=O)[C@H]1COC2(CCN(C(=O)c3ccc(Cl)cc3)CC2)N1C(=O)c1cccc(OC)c1. The summed E-state index contributed by atoms with van der Waals surface area (Å²) in [5.41, 5.74) is -0.0591. The Hall–Kier alpha value is -3.14. The number of nitrogens with one attached hydrogen (secondary N) is 1. The fraction of sp³-hybridized carbons (Fsp3) is 0.423. The van der Waals surface area contributed by atoms with Crippen LogP contribution in [0.4, 0.5) is 0 Å². The minimum absolute atomic E-state index is 0.0691. The minimum Gasteiger partial charge on any atom is -0.497 e. The van der Waals surface area contributed by atoms with E-state index in [-0.39, 0.29) is 24.3 Å². The third kappa shape index (κ3) is 5.33. The Labute approximate surface area is 215 Å². The molecule has 2 aliphatic heterocycles. The number of methoxy groups -OCH3 is 2. The maximum atomic E-state index is 13.8. The van der Waals surface area contributed by atoms with Crippen molar-refractivity contribution in [3.05, 3.63) is 64.7 Å². The van der Waals surface area contributed by atoms with Gasteiger partial charge in [0.15, 0.2) is 0 Å². The molecule has 2 saturated heterocycles. The molecule has 2 aromatic rings. The summed E-state index contributed by atoms with van der Waals surface area (Å²) in [5.74, 6) is -0.200. The van der Waals surface area contributed by atoms with Crippen molar-refractivity contribution in [3.63, 3.8) is 0 Å². The molecule has 1 atom stereocenters. The second-order valence-electron chi connectivity index (χ2n) is 8.76. The molecule has 3 amide bonds. The van der Waals surface area contributed by atoms with Crippen molar-refractivity contribution in [2.45, 2.75) is 24.6 Å². The Bertz CT molecular complexity index is 1100. The Balaban J connectivity index is 1.56. The molecule has 0 aliphatic carbocycles. The smallest absolute Gasteiger partial charge is 0.257 e. The fourth-order valence-electron chi connectivity index (χ4n) is 4.69. The summed E-state index contributed by atoms with van der Waals surface area (Å²) in [6.45, 7) is 1.50. The van der Waals surface area contributed by atoms with Crippen molar-refractivity contribution < 1.29 is 28.6 Å². The van der Waals surface area contributed by atoms with E-state index >= 15 is 0 Å². The molecule has 9 nitrogen and oxygen atoms in total. The summed E-state index contributed by atoms with van der Waals surface area (Å²) >= 11 is 5.95. The molecule has 0 bridgehead atoms. The van der Waals surface area contributed by atoms with Crippen LogP contribution in [0.5, 0.6) is 5.75 Å². The van der Waals surface area contributed by atoms with Crippen LogP contribution in [0.3, 0.4) is 0 Å². The number of likely N-dealkylation sites (tertiary alicyclic amines) is 1. The summed E-state index contributed by atoms with van der Waals surface area (Å²) in [7, 11) is 3.08. The normalized spacial score (nSPS) is 18.8. The van der Waals surface area contributed by atoms with Gasteiger partial charge in [0.2, 0.25) is 5.91 Å². The third-order valence-corrected chi connectivity index (χ3v) is 6.88. The van der Waals surface area contributed by atoms with Gasteiger partial charge in [0.25, 0.3) is 11.8 Å². The van der Waals surface area contributed by atoms with Crippen LogP contribution in [0.2, 0.25) is 5.02 Å². The van der Waals surface area contributed by atoms with Crippen molar-refractivity contribution in [1.82, 2.24) is 15.1 Å². The Morgan fingerprint density at radius 1 is 1.06 bits per heavy atom. The van der Waals surface area contributed by atoms with Crippen molar-refractivity contribution in [3.8, 4) is 5.75 Å². The number of hydrogen-bond donors (Lipinski definition) is 1. The first-order valence-electron chi connectivity index (χ1n) is 11.8. The summed E-state index contributed by atoms with van der Waals surface area (Å²) in [4.78, 5) is 43.2. The standard InChI is InChI=1S/C26H30ClN3O6/c1-34-15-12-28-23(31)22-17-36-26(30(22)25(33)19-4-3-5-21(16-19)35-2)10-13-29(14-11-26)24(32)18-6-8-20(27)9-7-18/h3-9,16,22H,10-15,17H2,1-2H3,(H,28,31)/t22-/m1/s1. The molecule has 1 spiro atoms. The Morgan fingerprint density at radius 2 is 1.78 bits per heavy atom. The quantitative estimate of drug-likeness (QED) is 0.569. The highest BCUT2D eigenvalue weighted by Crippen LogP contribution is 2.39. The Morgan fingerprint density at radius 3 is 2.44 bits per heavy atom. The lowest BCUT2D eigenvalue weighted by atomic mass is 9.96. The van der Waals surface area contributed by atoms with Crippen molar-refractivity contribution in [2.24, 2.45) is 0 Å². The average molecular weight is 516 g/mol. The maximum absolute atomic E-state index is 13.8. The number of benzene rings is 2. The molecule has 2 fully saturated rings. The van der Waals surface area contributed by atoms with E-state index < -0.39 is 11.8 Å². The topological polar surface area (TPSA) is 97.4 Å². The second-order valence-corrected chi connectivity index (χ2v) is 9.20. The summed E-state index contributed by atoms with van der Waals surface area (Å²) in [6.07, 6.45) is 0.758. The number of hydrogen-bond acceptors (Lipinski definition) is 6. The van der Waals surface area contributed by atoms with Gasteiger partial charge in [-0.15, -0.1) is 0 Å². The predicted molar refractivity (Wildman–Crippen MR) is 133 cm³/mol. The van der Waals surface area contributed by atoms with E-state index in [1.807, 2.05) is 0 Å². The van der Waals surface area contributed by atoms with Crippen LogP contribution in [0.25, 0.3) is 0 Å². The molecule has 2 heterocycles. The number of carbonyl (C=O) groups is 3. The average Bonchev–Trinajstić information content (AvgIpc) is 3.27. The van der Waals surface area contributed by atoms with Crippen molar-refractivity contribution in [1.29, 1.82) is 0 Å². The van der Waals surface area contributed by atoms with E-state index in [9.17, 15) is 14.4 Å². The van der Waals surface area contributed by atoms with Crippen LogP contribution in [0, 0.1) is 0 Å². The zero-order valence-electron chi connectivity index (χ0n) is 20.4. The van der Waals surface area contributed by atoms with Gasteiger partial charge in [-0.1, -0.05) is 17.7 Å². The highest BCUT2D eigenvalue weighted by molar-refractivity contribution is 6.30. The molecule has 0 radical (unpaired) electrons. The first kappa shape index (κ1) is 25.9. The number of rotatable bonds is 7. The summed E-state index contributed by atoms with van der Waals surface area (Å²) in [6, 6.07) is 12.8. The molecule has 0 saturated carbocycles. The summed E-state index contributed by atoms with van der Waals surface area (Å²) < 4.78 is 16.5. The predicted octanol–water partition coefficient (Wildman–Crippen LogP) is 2.58. The molecular formula is C26H30ClN3O6. The third-order valence-electron chi connectivity index (χ3n) is 6.63. The van der Waals surface area contributed by atoms with E-state index in [4.69, 9.17) is 25.8 Å². The molecule has 0 aromatic heterocycles. The molecule has 2 aromatic carbocycles. The monoisotopic (exact) mass is 515 g/mol. The van der Waals surface area contributed by atoms with Crippen molar-refractivity contribution in [2.75, 3.05) is 47.1 Å². The molecule has 4 rings (SSSR count). The van der Waals surface area contributed by atoms with Gasteiger partial charge in [-0.25, -0.2) is 0 Å². The van der Waals surface area contributed by atoms with Gasteiger partial charge in [0.1, 0.15) is 17.5 Å². The largest absolute Gasteiger partial charge is 0.497 e. The van der Waals surface area contributed by atoms with Crippen LogP contribution in [0.15, 0.2) is 48.5 Å². The molecule has 10 heteroatoms. The van der Waals surface area contributed by atoms with Gasteiger partial charge in [-0.05, 0) is 42.5 Å². The van der Waals surface area contributed by atoms with E-state index in [0.717, 1.165) is 0 Å². The highest BCUT2D eigenvalue weighted by atomic mass is 35.5. The minimum atomic E-state index is -1.000. The number of piperidine rings is 1. The van der Waals surface area contributed by atoms with Crippen LogP contribution in [-0.2, 0) is 14.3 Å². The number of halogens is 1. The molecular weight excluding hydrogens is 486 g/mol. The fourth-order valence-corrected chi connectivity index (χ4v) is 4.82. The number of carbonyl (C=O) groups excluding carboxylic acids is 3. The number of ether oxygens (including phenoxy) is 3. The number of amides is 3. The molecule has 2 aliphatic rings. The van der Waals surface area contributed by atoms with Crippen LogP contribution >= 0.6 is 11.6 Å². The first-order chi connectivity index (χ1) is 17.4. The molecule has 0 unspecified atom stereocenters. The lowest BCUT2D eigenvalue weighted by molar-refractivity contribution is -0.128. The first-order valence-corrected chi connectivity index (χ1v) is 12.2. The van der Waals surface area contributed by atoms with E-state index in [2.05, 4.69) is 5.32 Å². The Kier molecular flexibility index (Phi) is 8.13. The van der Waals surface area contributed by atoms with Gasteiger partial charge in [-0.2, -0.15) is 0 Å². The van der Waals surface area contributed by atoms with E-state index in [1.54, 1.807) is 65.4 Å². The zero-order chi connectivity index (χ0) is 25.7. The molecule has 36 heavy (non-hydrogen) atoms. The van der Waals surface area contributed by atoms with Crippen LogP contribution < -0.4 is 10.1 Å². The molecule has 192 valence electrons. The second kappa shape index (κ2) is 11.3. The highest BCUT2D eigenvalue weighted by Gasteiger charge is 2.54. The molecule has 1 N–H and O–H groups in total. The van der Waals surface area contributed by atoms with Gasteiger partial charge in [-0.3, -0.25) is 19.3 Å². The van der Waals surface area contributed by atoms with Gasteiger partial charge in [0.05, 0.1) is 20.3 Å². The lowest BCUT2D eigenvalue weighted by Crippen LogP contribution is -2.60. The lowest BCUT2D eigenvalue weighted by Gasteiger charge is -2.44. The summed E-state index contributed by atoms with van der Waals surface area (Å²) in [5, 5.41) is 3.38. The zero-order valence-corrected chi connectivity index (χ0v) is 21.1. The van der Waals surface area contributed by atoms with Gasteiger partial charge < -0.3 is 24.4 Å². The maximum Gasteiger partial charge on any atom is 0.257 e. The number of nitrogens with zero attached hydrogens (tertiary/aromatic N) is 2. The van der Waals surface area contributed by atoms with Crippen LogP contribution in [-0.4, -0.2) is 86.4 Å². The van der Waals surface area contributed by atoms with E-state index in [1.165, 1.54) is 7.11 Å². The van der Waals surface area contributed by atoms with Crippen molar-refractivity contribution >= 4 is 29.3 Å². The van der Waals surface area contributed by atoms with E-state index in [0.29, 0.717) is 61.0 Å². The van der Waals surface area contributed by atoms with Gasteiger partial charge in [0, 0.05) is 55.7 Å². The van der Waals surface area contributed by atoms with Crippen LogP contribution in [0.1, 0.15) is 33.6 Å².